The van der Waals surface area contributed by atoms with Crippen molar-refractivity contribution in [2.75, 3.05) is 37.6 Å². The maximum absolute atomic E-state index is 9.45. The molecule has 3 rings (SSSR count). The van der Waals surface area contributed by atoms with Crippen LogP contribution in [0.5, 0.6) is 0 Å². The summed E-state index contributed by atoms with van der Waals surface area (Å²) in [7, 11) is 0. The minimum atomic E-state index is 0. The molecular weight excluding hydrogens is 378 g/mol. The third-order valence-corrected chi connectivity index (χ3v) is 7.09. The van der Waals surface area contributed by atoms with E-state index >= 15 is 0 Å². The second-order valence-corrected chi connectivity index (χ2v) is 9.98. The Balaban J connectivity index is 0.00000300. The molecule has 0 N–H and O–H groups in total. The first-order chi connectivity index (χ1) is 13.4. The number of nitrogens with zero attached hydrogens (tertiary/aromatic N) is 3. The first kappa shape index (κ1) is 24.0. The molecule has 1 heterocycles. The van der Waals surface area contributed by atoms with Crippen LogP contribution >= 0.6 is 12.4 Å². The summed E-state index contributed by atoms with van der Waals surface area (Å²) in [4.78, 5) is 5.15. The molecule has 0 atom stereocenters. The minimum Gasteiger partial charge on any atom is -0.369 e. The molecule has 4 heteroatoms. The van der Waals surface area contributed by atoms with Crippen LogP contribution in [0, 0.1) is 22.7 Å². The maximum Gasteiger partial charge on any atom is 0.0992 e. The van der Waals surface area contributed by atoms with E-state index in [9.17, 15) is 5.26 Å². The van der Waals surface area contributed by atoms with Crippen LogP contribution < -0.4 is 4.90 Å². The molecule has 2 aliphatic rings. The van der Waals surface area contributed by atoms with Gasteiger partial charge in [-0.2, -0.15) is 5.26 Å². The highest BCUT2D eigenvalue weighted by Gasteiger charge is 2.32. The van der Waals surface area contributed by atoms with E-state index in [-0.39, 0.29) is 12.4 Å². The Morgan fingerprint density at radius 1 is 1.03 bits per heavy atom. The van der Waals surface area contributed by atoms with Crippen molar-refractivity contribution in [3.05, 3.63) is 29.3 Å². The molecule has 1 aliphatic carbocycles. The van der Waals surface area contributed by atoms with Gasteiger partial charge in [-0.25, -0.2) is 0 Å². The summed E-state index contributed by atoms with van der Waals surface area (Å²) in [6.45, 7) is 15.1. The Kier molecular flexibility index (Phi) is 8.86. The fourth-order valence-corrected chi connectivity index (χ4v) is 5.10. The second kappa shape index (κ2) is 10.7. The smallest absolute Gasteiger partial charge is 0.0992 e. The first-order valence-corrected chi connectivity index (χ1v) is 11.4. The molecule has 2 fully saturated rings. The van der Waals surface area contributed by atoms with E-state index in [2.05, 4.69) is 55.7 Å². The molecule has 0 radical (unpaired) electrons. The standard InChI is InChI=1S/C25H39N3.ClH/c1-5-6-13-27-14-16-28(17-15-27)24-18-20(19-26)7-12-23(24)21-8-10-22(11-9-21)25(2,3)4;/h7,12,18,21-22H,5-6,8-11,13-17H2,1-4H3;1H/t21-,22-;. The number of unbranched alkanes of at least 4 members (excludes halogenated alkanes) is 1. The van der Waals surface area contributed by atoms with Crippen molar-refractivity contribution in [1.82, 2.24) is 4.90 Å². The summed E-state index contributed by atoms with van der Waals surface area (Å²) in [6, 6.07) is 8.82. The number of hydrogen-bond donors (Lipinski definition) is 0. The van der Waals surface area contributed by atoms with Crippen LogP contribution in [0.3, 0.4) is 0 Å². The molecule has 162 valence electrons. The van der Waals surface area contributed by atoms with Crippen LogP contribution in [0.25, 0.3) is 0 Å². The van der Waals surface area contributed by atoms with Gasteiger partial charge in [0, 0.05) is 31.9 Å². The van der Waals surface area contributed by atoms with Gasteiger partial charge in [0.25, 0.3) is 0 Å². The van der Waals surface area contributed by atoms with Gasteiger partial charge in [0.2, 0.25) is 0 Å². The molecule has 0 bridgehead atoms. The van der Waals surface area contributed by atoms with Crippen molar-refractivity contribution in [2.24, 2.45) is 11.3 Å². The van der Waals surface area contributed by atoms with Crippen LogP contribution in [-0.4, -0.2) is 37.6 Å². The number of hydrogen-bond acceptors (Lipinski definition) is 3. The highest BCUT2D eigenvalue weighted by Crippen LogP contribution is 2.45. The average molecular weight is 418 g/mol. The molecule has 1 aromatic rings. The molecule has 29 heavy (non-hydrogen) atoms. The lowest BCUT2D eigenvalue weighted by Crippen LogP contribution is -2.47. The summed E-state index contributed by atoms with van der Waals surface area (Å²) in [5, 5.41) is 9.45. The molecule has 0 amide bonds. The van der Waals surface area contributed by atoms with E-state index in [1.165, 1.54) is 56.3 Å². The topological polar surface area (TPSA) is 30.3 Å². The van der Waals surface area contributed by atoms with Gasteiger partial charge in [-0.05, 0) is 73.6 Å². The Labute approximate surface area is 184 Å². The molecule has 1 saturated carbocycles. The van der Waals surface area contributed by atoms with Crippen molar-refractivity contribution < 1.29 is 0 Å². The molecule has 0 aromatic heterocycles. The van der Waals surface area contributed by atoms with Gasteiger partial charge in [0.1, 0.15) is 0 Å². The van der Waals surface area contributed by atoms with E-state index < -0.39 is 0 Å². The zero-order valence-electron chi connectivity index (χ0n) is 18.9. The number of benzene rings is 1. The van der Waals surface area contributed by atoms with Crippen LogP contribution in [0.2, 0.25) is 0 Å². The third kappa shape index (κ3) is 6.12. The predicted octanol–water partition coefficient (Wildman–Crippen LogP) is 6.22. The van der Waals surface area contributed by atoms with Gasteiger partial charge < -0.3 is 4.90 Å². The van der Waals surface area contributed by atoms with Crippen molar-refractivity contribution >= 4 is 18.1 Å². The van der Waals surface area contributed by atoms with E-state index in [4.69, 9.17) is 0 Å². The number of piperazine rings is 1. The SMILES string of the molecule is CCCCN1CCN(c2cc(C#N)ccc2[C@H]2CC[C@H](C(C)(C)C)CC2)CC1.Cl. The van der Waals surface area contributed by atoms with Crippen LogP contribution in [0.1, 0.15) is 83.3 Å². The van der Waals surface area contributed by atoms with E-state index in [1.807, 2.05) is 6.07 Å². The Hall–Kier alpha value is -1.24. The average Bonchev–Trinajstić information content (AvgIpc) is 2.71. The van der Waals surface area contributed by atoms with Crippen LogP contribution in [0.15, 0.2) is 18.2 Å². The van der Waals surface area contributed by atoms with Gasteiger partial charge in [-0.1, -0.05) is 40.2 Å². The lowest BCUT2D eigenvalue weighted by molar-refractivity contribution is 0.169. The quantitative estimate of drug-likeness (QED) is 0.569. The number of halogens is 1. The van der Waals surface area contributed by atoms with E-state index in [0.717, 1.165) is 37.7 Å². The van der Waals surface area contributed by atoms with Gasteiger partial charge in [-0.3, -0.25) is 4.90 Å². The zero-order valence-corrected chi connectivity index (χ0v) is 19.7. The number of nitriles is 1. The molecule has 1 aliphatic heterocycles. The van der Waals surface area contributed by atoms with Crippen molar-refractivity contribution in [2.45, 2.75) is 72.1 Å². The number of rotatable bonds is 5. The summed E-state index contributed by atoms with van der Waals surface area (Å²) < 4.78 is 0. The number of anilines is 1. The van der Waals surface area contributed by atoms with Crippen LogP contribution in [0.4, 0.5) is 5.69 Å². The highest BCUT2D eigenvalue weighted by atomic mass is 35.5. The van der Waals surface area contributed by atoms with E-state index in [1.54, 1.807) is 0 Å². The van der Waals surface area contributed by atoms with Gasteiger partial charge in [0.15, 0.2) is 0 Å². The summed E-state index contributed by atoms with van der Waals surface area (Å²) in [5.74, 6) is 1.49. The Morgan fingerprint density at radius 3 is 2.24 bits per heavy atom. The van der Waals surface area contributed by atoms with Crippen molar-refractivity contribution in [1.29, 1.82) is 5.26 Å². The molecule has 3 nitrogen and oxygen atoms in total. The monoisotopic (exact) mass is 417 g/mol. The largest absolute Gasteiger partial charge is 0.369 e. The summed E-state index contributed by atoms with van der Waals surface area (Å²) in [5.41, 5.74) is 4.06. The van der Waals surface area contributed by atoms with E-state index in [0.29, 0.717) is 11.3 Å². The van der Waals surface area contributed by atoms with Gasteiger partial charge in [-0.15, -0.1) is 12.4 Å². The molecule has 0 spiro atoms. The predicted molar refractivity (Wildman–Crippen MR) is 126 cm³/mol. The molecular formula is C25H40ClN3. The lowest BCUT2D eigenvalue weighted by Gasteiger charge is -2.40. The van der Waals surface area contributed by atoms with Crippen molar-refractivity contribution in [3.63, 3.8) is 0 Å². The summed E-state index contributed by atoms with van der Waals surface area (Å²) in [6.07, 6.45) is 7.81. The zero-order chi connectivity index (χ0) is 20.1. The maximum atomic E-state index is 9.45. The summed E-state index contributed by atoms with van der Waals surface area (Å²) >= 11 is 0. The third-order valence-electron chi connectivity index (χ3n) is 7.09. The normalized spacial score (nSPS) is 23.3. The van der Waals surface area contributed by atoms with Crippen LogP contribution in [-0.2, 0) is 0 Å². The molecule has 1 saturated heterocycles. The first-order valence-electron chi connectivity index (χ1n) is 11.4. The Morgan fingerprint density at radius 2 is 1.69 bits per heavy atom. The fraction of sp³-hybridized carbons (Fsp3) is 0.720. The second-order valence-electron chi connectivity index (χ2n) is 9.98. The highest BCUT2D eigenvalue weighted by molar-refractivity contribution is 5.85. The molecule has 0 unspecified atom stereocenters. The lowest BCUT2D eigenvalue weighted by atomic mass is 9.68. The Bertz CT molecular complexity index is 672. The fourth-order valence-electron chi connectivity index (χ4n) is 5.10. The molecule has 1 aromatic carbocycles. The van der Waals surface area contributed by atoms with Gasteiger partial charge >= 0.3 is 0 Å². The van der Waals surface area contributed by atoms with Gasteiger partial charge in [0.05, 0.1) is 11.6 Å². The van der Waals surface area contributed by atoms with Crippen molar-refractivity contribution in [3.8, 4) is 6.07 Å². The minimum absolute atomic E-state index is 0.